The predicted octanol–water partition coefficient (Wildman–Crippen LogP) is 3.53. The first-order valence-electron chi connectivity index (χ1n) is 7.60. The van der Waals surface area contributed by atoms with Crippen molar-refractivity contribution in [2.45, 2.75) is 24.8 Å². The third-order valence-corrected chi connectivity index (χ3v) is 4.95. The maximum Gasteiger partial charge on any atom is 0.231 e. The topological polar surface area (TPSA) is 47.6 Å². The van der Waals surface area contributed by atoms with Crippen LogP contribution in [0, 0.1) is 0 Å². The number of hydrogen-bond acceptors (Lipinski definition) is 3. The molecule has 0 spiro atoms. The van der Waals surface area contributed by atoms with E-state index in [0.29, 0.717) is 6.54 Å². The zero-order chi connectivity index (χ0) is 15.9. The van der Waals surface area contributed by atoms with Gasteiger partial charge in [0.1, 0.15) is 0 Å². The molecule has 2 aromatic carbocycles. The van der Waals surface area contributed by atoms with E-state index in [1.807, 2.05) is 42.5 Å². The summed E-state index contributed by atoms with van der Waals surface area (Å²) in [4.78, 5) is 12.7. The number of rotatable bonds is 4. The third kappa shape index (κ3) is 2.70. The van der Waals surface area contributed by atoms with Crippen molar-refractivity contribution in [2.75, 3.05) is 6.79 Å². The Kier molecular flexibility index (Phi) is 3.53. The van der Waals surface area contributed by atoms with E-state index in [1.165, 1.54) is 0 Å². The lowest BCUT2D eigenvalue weighted by Crippen LogP contribution is -2.34. The smallest absolute Gasteiger partial charge is 0.231 e. The highest BCUT2D eigenvalue weighted by atomic mass is 79.9. The summed E-state index contributed by atoms with van der Waals surface area (Å²) in [6.07, 6.45) is 1.80. The molecule has 1 N–H and O–H groups in total. The molecule has 0 aromatic heterocycles. The van der Waals surface area contributed by atoms with E-state index in [1.54, 1.807) is 0 Å². The Morgan fingerprint density at radius 3 is 2.74 bits per heavy atom. The van der Waals surface area contributed by atoms with Crippen molar-refractivity contribution in [1.29, 1.82) is 0 Å². The number of hydrogen-bond donors (Lipinski definition) is 1. The van der Waals surface area contributed by atoms with E-state index in [-0.39, 0.29) is 18.1 Å². The van der Waals surface area contributed by atoms with E-state index >= 15 is 0 Å². The number of ether oxygens (including phenoxy) is 2. The van der Waals surface area contributed by atoms with Gasteiger partial charge in [0.2, 0.25) is 12.7 Å². The molecule has 1 saturated carbocycles. The molecule has 0 bridgehead atoms. The quantitative estimate of drug-likeness (QED) is 0.891. The predicted molar refractivity (Wildman–Crippen MR) is 89.5 cm³/mol. The molecule has 1 amide bonds. The molecular weight excluding hydrogens is 358 g/mol. The molecule has 0 unspecified atom stereocenters. The zero-order valence-corrected chi connectivity index (χ0v) is 14.1. The van der Waals surface area contributed by atoms with Crippen LogP contribution < -0.4 is 14.8 Å². The summed E-state index contributed by atoms with van der Waals surface area (Å²) >= 11 is 3.48. The van der Waals surface area contributed by atoms with Crippen molar-refractivity contribution in [3.63, 3.8) is 0 Å². The summed E-state index contributed by atoms with van der Waals surface area (Å²) in [5, 5.41) is 3.06. The summed E-state index contributed by atoms with van der Waals surface area (Å²) in [7, 11) is 0. The molecule has 0 saturated heterocycles. The van der Waals surface area contributed by atoms with Crippen molar-refractivity contribution < 1.29 is 14.3 Å². The van der Waals surface area contributed by atoms with Gasteiger partial charge in [-0.3, -0.25) is 4.79 Å². The van der Waals surface area contributed by atoms with Crippen LogP contribution in [0.3, 0.4) is 0 Å². The number of carbonyl (C=O) groups is 1. The summed E-state index contributed by atoms with van der Waals surface area (Å²) in [6.45, 7) is 0.752. The van der Waals surface area contributed by atoms with Crippen molar-refractivity contribution in [3.05, 3.63) is 58.1 Å². The summed E-state index contributed by atoms with van der Waals surface area (Å²) < 4.78 is 11.7. The minimum absolute atomic E-state index is 0.0910. The number of carbonyl (C=O) groups excluding carboxylic acids is 1. The molecule has 0 radical (unpaired) electrons. The molecule has 1 aliphatic heterocycles. The summed E-state index contributed by atoms with van der Waals surface area (Å²) in [6, 6.07) is 13.8. The highest BCUT2D eigenvalue weighted by Crippen LogP contribution is 2.49. The fourth-order valence-corrected chi connectivity index (χ4v) is 3.36. The van der Waals surface area contributed by atoms with Crippen LogP contribution in [0.4, 0.5) is 0 Å². The minimum Gasteiger partial charge on any atom is -0.454 e. The van der Waals surface area contributed by atoms with Gasteiger partial charge in [0.15, 0.2) is 11.5 Å². The monoisotopic (exact) mass is 373 g/mol. The van der Waals surface area contributed by atoms with Gasteiger partial charge < -0.3 is 14.8 Å². The average Bonchev–Trinajstić information content (AvgIpc) is 3.24. The fraction of sp³-hybridized carbons (Fsp3) is 0.278. The largest absolute Gasteiger partial charge is 0.454 e. The Bertz CT molecular complexity index is 771. The highest BCUT2D eigenvalue weighted by Gasteiger charge is 2.51. The van der Waals surface area contributed by atoms with Gasteiger partial charge in [0, 0.05) is 11.0 Å². The van der Waals surface area contributed by atoms with Crippen LogP contribution in [0.5, 0.6) is 11.5 Å². The molecule has 0 atom stereocenters. The highest BCUT2D eigenvalue weighted by molar-refractivity contribution is 9.10. The van der Waals surface area contributed by atoms with Gasteiger partial charge in [0.25, 0.3) is 0 Å². The van der Waals surface area contributed by atoms with Gasteiger partial charge in [-0.1, -0.05) is 34.1 Å². The van der Waals surface area contributed by atoms with Gasteiger partial charge in [-0.2, -0.15) is 0 Å². The molecule has 1 aliphatic carbocycles. The Balaban J connectivity index is 1.46. The molecule has 1 heterocycles. The second kappa shape index (κ2) is 5.57. The fourth-order valence-electron chi connectivity index (χ4n) is 2.96. The molecular formula is C18H16BrNO3. The maximum atomic E-state index is 12.7. The van der Waals surface area contributed by atoms with Gasteiger partial charge in [0.05, 0.1) is 5.41 Å². The molecule has 4 rings (SSSR count). The number of benzene rings is 2. The van der Waals surface area contributed by atoms with Gasteiger partial charge in [-0.25, -0.2) is 0 Å². The van der Waals surface area contributed by atoms with Crippen LogP contribution in [0.1, 0.15) is 24.0 Å². The van der Waals surface area contributed by atoms with Crippen molar-refractivity contribution >= 4 is 21.8 Å². The first-order chi connectivity index (χ1) is 11.2. The molecule has 4 nitrogen and oxygen atoms in total. The molecule has 2 aliphatic rings. The van der Waals surface area contributed by atoms with Gasteiger partial charge in [-0.05, 0) is 48.2 Å². The van der Waals surface area contributed by atoms with Crippen LogP contribution in [0.25, 0.3) is 0 Å². The van der Waals surface area contributed by atoms with E-state index in [9.17, 15) is 4.79 Å². The van der Waals surface area contributed by atoms with E-state index in [4.69, 9.17) is 9.47 Å². The van der Waals surface area contributed by atoms with E-state index < -0.39 is 0 Å². The molecule has 1 fully saturated rings. The zero-order valence-electron chi connectivity index (χ0n) is 12.5. The van der Waals surface area contributed by atoms with Crippen molar-refractivity contribution in [2.24, 2.45) is 0 Å². The Labute approximate surface area is 142 Å². The average molecular weight is 374 g/mol. The molecule has 118 valence electrons. The number of fused-ring (bicyclic) bond motifs is 1. The number of nitrogens with one attached hydrogen (secondary N) is 1. The lowest BCUT2D eigenvalue weighted by Gasteiger charge is -2.16. The Hall–Kier alpha value is -2.01. The lowest BCUT2D eigenvalue weighted by atomic mass is 9.95. The SMILES string of the molecule is O=C(NCc1ccc2c(c1)OCO2)C1(c2cccc(Br)c2)CC1. The summed E-state index contributed by atoms with van der Waals surface area (Å²) in [5.74, 6) is 1.59. The standard InChI is InChI=1S/C18H16BrNO3/c19-14-3-1-2-13(9-14)18(6-7-18)17(21)20-10-12-4-5-15-16(8-12)23-11-22-15/h1-5,8-9H,6-7,10-11H2,(H,20,21). The second-order valence-corrected chi connectivity index (χ2v) is 6.88. The van der Waals surface area contributed by atoms with Crippen LogP contribution in [0.2, 0.25) is 0 Å². The first-order valence-corrected chi connectivity index (χ1v) is 8.40. The van der Waals surface area contributed by atoms with Gasteiger partial charge >= 0.3 is 0 Å². The lowest BCUT2D eigenvalue weighted by molar-refractivity contribution is -0.123. The molecule has 23 heavy (non-hydrogen) atoms. The molecule has 5 heteroatoms. The van der Waals surface area contributed by atoms with E-state index in [0.717, 1.165) is 39.9 Å². The van der Waals surface area contributed by atoms with Gasteiger partial charge in [-0.15, -0.1) is 0 Å². The van der Waals surface area contributed by atoms with Crippen LogP contribution in [0.15, 0.2) is 46.9 Å². The summed E-state index contributed by atoms with van der Waals surface area (Å²) in [5.41, 5.74) is 1.72. The Morgan fingerprint density at radius 2 is 1.96 bits per heavy atom. The number of amides is 1. The first kappa shape index (κ1) is 14.6. The normalized spacial score (nSPS) is 16.9. The number of halogens is 1. The third-order valence-electron chi connectivity index (χ3n) is 4.45. The second-order valence-electron chi connectivity index (χ2n) is 5.96. The van der Waals surface area contributed by atoms with Crippen molar-refractivity contribution in [1.82, 2.24) is 5.32 Å². The van der Waals surface area contributed by atoms with E-state index in [2.05, 4.69) is 21.2 Å². The van der Waals surface area contributed by atoms with Crippen LogP contribution in [-0.4, -0.2) is 12.7 Å². The molecule has 2 aromatic rings. The van der Waals surface area contributed by atoms with Crippen LogP contribution in [-0.2, 0) is 16.8 Å². The van der Waals surface area contributed by atoms with Crippen LogP contribution >= 0.6 is 15.9 Å². The van der Waals surface area contributed by atoms with Crippen molar-refractivity contribution in [3.8, 4) is 11.5 Å². The minimum atomic E-state index is -0.361. The Morgan fingerprint density at radius 1 is 1.13 bits per heavy atom. The maximum absolute atomic E-state index is 12.7.